The summed E-state index contributed by atoms with van der Waals surface area (Å²) in [6, 6.07) is 14.4. The Labute approximate surface area is 135 Å². The molecule has 0 atom stereocenters. The van der Waals surface area contributed by atoms with Crippen molar-refractivity contribution in [3.8, 4) is 0 Å². The fourth-order valence-electron chi connectivity index (χ4n) is 2.13. The monoisotopic (exact) mass is 311 g/mol. The maximum atomic E-state index is 12.3. The molecule has 0 aliphatic heterocycles. The Morgan fingerprint density at radius 1 is 1.00 bits per heavy atom. The van der Waals surface area contributed by atoms with E-state index in [-0.39, 0.29) is 11.8 Å². The summed E-state index contributed by atoms with van der Waals surface area (Å²) < 4.78 is 0. The van der Waals surface area contributed by atoms with E-state index in [0.29, 0.717) is 36.3 Å². The standard InChI is InChI=1S/C18H21N3O2/c1-13-9-10-15(16(12-13)20-17(22)8-5-11-19)21-18(23)14-6-3-2-4-7-14/h2-4,6-7,9-10,12H,5,8,11,19H2,1H3,(H,20,22)(H,21,23). The van der Waals surface area contributed by atoms with E-state index >= 15 is 0 Å². The lowest BCUT2D eigenvalue weighted by atomic mass is 10.1. The Kier molecular flexibility index (Phi) is 5.88. The quantitative estimate of drug-likeness (QED) is 0.767. The molecule has 0 spiro atoms. The predicted molar refractivity (Wildman–Crippen MR) is 92.5 cm³/mol. The highest BCUT2D eigenvalue weighted by molar-refractivity contribution is 6.07. The van der Waals surface area contributed by atoms with Gasteiger partial charge in [0.05, 0.1) is 11.4 Å². The van der Waals surface area contributed by atoms with Crippen molar-refractivity contribution in [1.29, 1.82) is 0 Å². The van der Waals surface area contributed by atoms with Crippen molar-refractivity contribution in [3.63, 3.8) is 0 Å². The van der Waals surface area contributed by atoms with Crippen LogP contribution in [0.5, 0.6) is 0 Å². The van der Waals surface area contributed by atoms with Crippen molar-refractivity contribution < 1.29 is 9.59 Å². The molecule has 2 amide bonds. The average Bonchev–Trinajstić information content (AvgIpc) is 2.56. The van der Waals surface area contributed by atoms with Gasteiger partial charge >= 0.3 is 0 Å². The van der Waals surface area contributed by atoms with Crippen LogP contribution in [-0.2, 0) is 4.79 Å². The van der Waals surface area contributed by atoms with Crippen LogP contribution in [-0.4, -0.2) is 18.4 Å². The van der Waals surface area contributed by atoms with Crippen LogP contribution in [0.25, 0.3) is 0 Å². The number of amides is 2. The first-order valence-electron chi connectivity index (χ1n) is 7.57. The van der Waals surface area contributed by atoms with E-state index in [4.69, 9.17) is 5.73 Å². The first-order chi connectivity index (χ1) is 11.1. The third kappa shape index (κ3) is 4.93. The van der Waals surface area contributed by atoms with Crippen molar-refractivity contribution in [2.24, 2.45) is 5.73 Å². The number of aryl methyl sites for hydroxylation is 1. The molecule has 120 valence electrons. The van der Waals surface area contributed by atoms with Crippen molar-refractivity contribution >= 4 is 23.2 Å². The summed E-state index contributed by atoms with van der Waals surface area (Å²) in [6.45, 7) is 2.40. The lowest BCUT2D eigenvalue weighted by Crippen LogP contribution is -2.17. The highest BCUT2D eigenvalue weighted by Crippen LogP contribution is 2.24. The second kappa shape index (κ2) is 8.10. The highest BCUT2D eigenvalue weighted by atomic mass is 16.2. The van der Waals surface area contributed by atoms with Gasteiger partial charge in [-0.25, -0.2) is 0 Å². The van der Waals surface area contributed by atoms with Gasteiger partial charge in [0.2, 0.25) is 5.91 Å². The summed E-state index contributed by atoms with van der Waals surface area (Å²) in [7, 11) is 0. The molecule has 0 radical (unpaired) electrons. The molecule has 0 aromatic heterocycles. The smallest absolute Gasteiger partial charge is 0.255 e. The third-order valence-corrected chi connectivity index (χ3v) is 3.34. The fraction of sp³-hybridized carbons (Fsp3) is 0.222. The summed E-state index contributed by atoms with van der Waals surface area (Å²) in [6.07, 6.45) is 0.986. The molecular formula is C18H21N3O2. The highest BCUT2D eigenvalue weighted by Gasteiger charge is 2.11. The van der Waals surface area contributed by atoms with Crippen LogP contribution < -0.4 is 16.4 Å². The summed E-state index contributed by atoms with van der Waals surface area (Å²) in [5.74, 6) is -0.330. The molecule has 0 heterocycles. The molecule has 5 nitrogen and oxygen atoms in total. The SMILES string of the molecule is Cc1ccc(NC(=O)c2ccccc2)c(NC(=O)CCCN)c1. The first-order valence-corrected chi connectivity index (χ1v) is 7.57. The number of benzene rings is 2. The van der Waals surface area contributed by atoms with Gasteiger partial charge < -0.3 is 16.4 Å². The first kappa shape index (κ1) is 16.7. The summed E-state index contributed by atoms with van der Waals surface area (Å²) in [4.78, 5) is 24.2. The molecule has 2 aromatic rings. The topological polar surface area (TPSA) is 84.2 Å². The van der Waals surface area contributed by atoms with Gasteiger partial charge in [0.1, 0.15) is 0 Å². The van der Waals surface area contributed by atoms with Gasteiger partial charge in [0, 0.05) is 12.0 Å². The van der Waals surface area contributed by atoms with Gasteiger partial charge in [-0.3, -0.25) is 9.59 Å². The third-order valence-electron chi connectivity index (χ3n) is 3.34. The lowest BCUT2D eigenvalue weighted by molar-refractivity contribution is -0.116. The molecule has 0 fully saturated rings. The van der Waals surface area contributed by atoms with E-state index < -0.39 is 0 Å². The van der Waals surface area contributed by atoms with Crippen LogP contribution in [0.4, 0.5) is 11.4 Å². The van der Waals surface area contributed by atoms with Gasteiger partial charge in [-0.15, -0.1) is 0 Å². The molecule has 23 heavy (non-hydrogen) atoms. The molecule has 2 rings (SSSR count). The van der Waals surface area contributed by atoms with E-state index in [1.807, 2.05) is 25.1 Å². The van der Waals surface area contributed by atoms with Crippen LogP contribution in [0.1, 0.15) is 28.8 Å². The van der Waals surface area contributed by atoms with Gasteiger partial charge in [-0.2, -0.15) is 0 Å². The Hall–Kier alpha value is -2.66. The Bertz CT molecular complexity index is 684. The number of nitrogens with one attached hydrogen (secondary N) is 2. The largest absolute Gasteiger partial charge is 0.330 e. The summed E-state index contributed by atoms with van der Waals surface area (Å²) >= 11 is 0. The number of anilines is 2. The molecule has 5 heteroatoms. The van der Waals surface area contributed by atoms with Crippen LogP contribution in [0, 0.1) is 6.92 Å². The van der Waals surface area contributed by atoms with Crippen LogP contribution in [0.2, 0.25) is 0 Å². The molecule has 0 aliphatic carbocycles. The zero-order valence-corrected chi connectivity index (χ0v) is 13.1. The van der Waals surface area contributed by atoms with Crippen molar-refractivity contribution in [3.05, 3.63) is 59.7 Å². The fourth-order valence-corrected chi connectivity index (χ4v) is 2.13. The molecule has 0 bridgehead atoms. The Morgan fingerprint density at radius 2 is 1.74 bits per heavy atom. The van der Waals surface area contributed by atoms with Crippen LogP contribution in [0.3, 0.4) is 0 Å². The van der Waals surface area contributed by atoms with Crippen LogP contribution in [0.15, 0.2) is 48.5 Å². The molecule has 0 saturated carbocycles. The van der Waals surface area contributed by atoms with Crippen LogP contribution >= 0.6 is 0 Å². The number of hydrogen-bond donors (Lipinski definition) is 3. The summed E-state index contributed by atoms with van der Waals surface area (Å²) in [5.41, 5.74) is 8.15. The van der Waals surface area contributed by atoms with Gasteiger partial charge in [-0.1, -0.05) is 24.3 Å². The normalized spacial score (nSPS) is 10.2. The molecule has 0 saturated heterocycles. The molecule has 2 aromatic carbocycles. The van der Waals surface area contributed by atoms with Gasteiger partial charge in [0.15, 0.2) is 0 Å². The lowest BCUT2D eigenvalue weighted by Gasteiger charge is -2.13. The van der Waals surface area contributed by atoms with Crippen molar-refractivity contribution in [1.82, 2.24) is 0 Å². The van der Waals surface area contributed by atoms with Gasteiger partial charge in [0.25, 0.3) is 5.91 Å². The molecular weight excluding hydrogens is 290 g/mol. The predicted octanol–water partition coefficient (Wildman–Crippen LogP) is 2.92. The second-order valence-electron chi connectivity index (χ2n) is 5.31. The van der Waals surface area contributed by atoms with E-state index in [9.17, 15) is 9.59 Å². The minimum atomic E-state index is -0.216. The number of carbonyl (C=O) groups excluding carboxylic acids is 2. The van der Waals surface area contributed by atoms with E-state index in [2.05, 4.69) is 10.6 Å². The number of nitrogens with two attached hydrogens (primary N) is 1. The Balaban J connectivity index is 2.15. The van der Waals surface area contributed by atoms with Gasteiger partial charge in [-0.05, 0) is 49.7 Å². The molecule has 0 unspecified atom stereocenters. The van der Waals surface area contributed by atoms with E-state index in [1.165, 1.54) is 0 Å². The average molecular weight is 311 g/mol. The zero-order chi connectivity index (χ0) is 16.7. The maximum Gasteiger partial charge on any atom is 0.255 e. The minimum Gasteiger partial charge on any atom is -0.330 e. The minimum absolute atomic E-state index is 0.115. The van der Waals surface area contributed by atoms with Crippen molar-refractivity contribution in [2.75, 3.05) is 17.2 Å². The number of carbonyl (C=O) groups is 2. The molecule has 0 aliphatic rings. The molecule has 4 N–H and O–H groups in total. The zero-order valence-electron chi connectivity index (χ0n) is 13.1. The number of rotatable bonds is 6. The number of hydrogen-bond acceptors (Lipinski definition) is 3. The van der Waals surface area contributed by atoms with Crippen molar-refractivity contribution in [2.45, 2.75) is 19.8 Å². The maximum absolute atomic E-state index is 12.3. The van der Waals surface area contributed by atoms with E-state index in [1.54, 1.807) is 30.3 Å². The van der Waals surface area contributed by atoms with E-state index in [0.717, 1.165) is 5.56 Å². The second-order valence-corrected chi connectivity index (χ2v) is 5.31. The Morgan fingerprint density at radius 3 is 2.43 bits per heavy atom. The summed E-state index contributed by atoms with van der Waals surface area (Å²) in [5, 5.41) is 5.67.